The van der Waals surface area contributed by atoms with Crippen molar-refractivity contribution in [1.29, 1.82) is 0 Å². The highest BCUT2D eigenvalue weighted by atomic mass is 127. The zero-order valence-corrected chi connectivity index (χ0v) is 15.6. The third-order valence-electron chi connectivity index (χ3n) is 3.14. The Morgan fingerprint density at radius 1 is 1.22 bits per heavy atom. The zero-order valence-electron chi connectivity index (χ0n) is 12.7. The first-order valence-corrected chi connectivity index (χ1v) is 8.32. The van der Waals surface area contributed by atoms with Crippen LogP contribution >= 0.6 is 34.2 Å². The van der Waals surface area contributed by atoms with Gasteiger partial charge in [-0.05, 0) is 78.4 Å². The molecule has 4 nitrogen and oxygen atoms in total. The number of Topliss-reactive ketones (excluding diaryl/α,β-unsaturated/α-hetero) is 1. The first-order valence-electron chi connectivity index (χ1n) is 6.86. The smallest absolute Gasteiger partial charge is 0.262 e. The summed E-state index contributed by atoms with van der Waals surface area (Å²) < 4.78 is 6.56. The van der Waals surface area contributed by atoms with Crippen LogP contribution < -0.4 is 10.1 Å². The molecule has 0 aliphatic heterocycles. The van der Waals surface area contributed by atoms with Crippen molar-refractivity contribution < 1.29 is 14.3 Å². The molecule has 2 rings (SSSR count). The molecule has 0 saturated heterocycles. The van der Waals surface area contributed by atoms with Gasteiger partial charge >= 0.3 is 0 Å². The molecule has 0 aliphatic rings. The standard InChI is InChI=1S/C17H15ClINO3/c1-10-7-13(19)4-5-15(10)20-17(22)9-23-16-6-3-12(18)8-14(16)11(2)21/h3-8H,9H2,1-2H3,(H,20,22). The molecule has 0 atom stereocenters. The number of carbonyl (C=O) groups excluding carboxylic acids is 2. The number of carbonyl (C=O) groups is 2. The van der Waals surface area contributed by atoms with E-state index >= 15 is 0 Å². The second-order valence-electron chi connectivity index (χ2n) is 4.99. The highest BCUT2D eigenvalue weighted by molar-refractivity contribution is 14.1. The van der Waals surface area contributed by atoms with E-state index in [0.717, 1.165) is 14.8 Å². The summed E-state index contributed by atoms with van der Waals surface area (Å²) in [6, 6.07) is 10.5. The third-order valence-corrected chi connectivity index (χ3v) is 4.05. The van der Waals surface area contributed by atoms with Gasteiger partial charge in [0.05, 0.1) is 5.56 Å². The van der Waals surface area contributed by atoms with Crippen LogP contribution in [0.2, 0.25) is 5.02 Å². The minimum Gasteiger partial charge on any atom is -0.483 e. The number of anilines is 1. The van der Waals surface area contributed by atoms with E-state index in [9.17, 15) is 9.59 Å². The molecule has 0 unspecified atom stereocenters. The van der Waals surface area contributed by atoms with Crippen LogP contribution in [0.3, 0.4) is 0 Å². The van der Waals surface area contributed by atoms with Crippen molar-refractivity contribution in [2.45, 2.75) is 13.8 Å². The van der Waals surface area contributed by atoms with Gasteiger partial charge in [0.15, 0.2) is 12.4 Å². The molecule has 0 spiro atoms. The Morgan fingerprint density at radius 3 is 2.61 bits per heavy atom. The number of ether oxygens (including phenoxy) is 1. The van der Waals surface area contributed by atoms with Gasteiger partial charge in [-0.3, -0.25) is 9.59 Å². The molecule has 2 aromatic rings. The second-order valence-corrected chi connectivity index (χ2v) is 6.67. The Morgan fingerprint density at radius 2 is 1.96 bits per heavy atom. The maximum Gasteiger partial charge on any atom is 0.262 e. The maximum absolute atomic E-state index is 12.0. The Labute approximate surface area is 153 Å². The molecule has 0 heterocycles. The van der Waals surface area contributed by atoms with Crippen LogP contribution in [0.15, 0.2) is 36.4 Å². The third kappa shape index (κ3) is 4.94. The predicted octanol–water partition coefficient (Wildman–Crippen LogP) is 4.47. The van der Waals surface area contributed by atoms with Gasteiger partial charge in [0.2, 0.25) is 0 Å². The lowest BCUT2D eigenvalue weighted by molar-refractivity contribution is -0.118. The van der Waals surface area contributed by atoms with Gasteiger partial charge < -0.3 is 10.1 Å². The van der Waals surface area contributed by atoms with Crippen molar-refractivity contribution in [1.82, 2.24) is 0 Å². The van der Waals surface area contributed by atoms with Gasteiger partial charge in [0.1, 0.15) is 5.75 Å². The van der Waals surface area contributed by atoms with E-state index in [0.29, 0.717) is 16.3 Å². The van der Waals surface area contributed by atoms with E-state index < -0.39 is 0 Å². The van der Waals surface area contributed by atoms with E-state index in [-0.39, 0.29) is 18.3 Å². The number of benzene rings is 2. The van der Waals surface area contributed by atoms with E-state index in [2.05, 4.69) is 27.9 Å². The monoisotopic (exact) mass is 443 g/mol. The van der Waals surface area contributed by atoms with Crippen molar-refractivity contribution in [3.05, 3.63) is 56.1 Å². The molecule has 1 amide bonds. The molecule has 23 heavy (non-hydrogen) atoms. The molecule has 0 radical (unpaired) electrons. The van der Waals surface area contributed by atoms with Crippen molar-refractivity contribution in [3.8, 4) is 5.75 Å². The lowest BCUT2D eigenvalue weighted by Gasteiger charge is -2.12. The summed E-state index contributed by atoms with van der Waals surface area (Å²) in [5.74, 6) is -0.119. The van der Waals surface area contributed by atoms with E-state index in [1.54, 1.807) is 12.1 Å². The van der Waals surface area contributed by atoms with E-state index in [4.69, 9.17) is 16.3 Å². The first-order chi connectivity index (χ1) is 10.9. The van der Waals surface area contributed by atoms with Gasteiger partial charge in [0.25, 0.3) is 5.91 Å². The number of halogens is 2. The minimum atomic E-state index is -0.293. The molecular weight excluding hydrogens is 429 g/mol. The summed E-state index contributed by atoms with van der Waals surface area (Å²) in [6.45, 7) is 3.16. The number of hydrogen-bond donors (Lipinski definition) is 1. The molecule has 0 saturated carbocycles. The fourth-order valence-corrected chi connectivity index (χ4v) is 2.82. The largest absolute Gasteiger partial charge is 0.483 e. The quantitative estimate of drug-likeness (QED) is 0.548. The van der Waals surface area contributed by atoms with Crippen molar-refractivity contribution >= 4 is 51.6 Å². The number of aryl methyl sites for hydroxylation is 1. The molecule has 0 aliphatic carbocycles. The van der Waals surface area contributed by atoms with Crippen molar-refractivity contribution in [2.75, 3.05) is 11.9 Å². The van der Waals surface area contributed by atoms with Crippen molar-refractivity contribution in [2.24, 2.45) is 0 Å². The lowest BCUT2D eigenvalue weighted by Crippen LogP contribution is -2.21. The van der Waals surface area contributed by atoms with Gasteiger partial charge in [-0.15, -0.1) is 0 Å². The molecule has 120 valence electrons. The Balaban J connectivity index is 2.03. The summed E-state index contributed by atoms with van der Waals surface area (Å²) in [5.41, 5.74) is 2.07. The molecule has 0 aromatic heterocycles. The Kier molecular flexibility index (Phi) is 6.01. The van der Waals surface area contributed by atoms with E-state index in [1.165, 1.54) is 13.0 Å². The zero-order chi connectivity index (χ0) is 17.0. The number of nitrogens with one attached hydrogen (secondary N) is 1. The van der Waals surface area contributed by atoms with Gasteiger partial charge in [0, 0.05) is 14.3 Å². The number of ketones is 1. The van der Waals surface area contributed by atoms with Crippen LogP contribution in [0.4, 0.5) is 5.69 Å². The Hall–Kier alpha value is -1.60. The highest BCUT2D eigenvalue weighted by Crippen LogP contribution is 2.23. The lowest BCUT2D eigenvalue weighted by atomic mass is 10.1. The highest BCUT2D eigenvalue weighted by Gasteiger charge is 2.12. The van der Waals surface area contributed by atoms with Gasteiger partial charge in [-0.25, -0.2) is 0 Å². The summed E-state index contributed by atoms with van der Waals surface area (Å²) in [6.07, 6.45) is 0. The van der Waals surface area contributed by atoms with Crippen LogP contribution in [0.5, 0.6) is 5.75 Å². The fraction of sp³-hybridized carbons (Fsp3) is 0.176. The summed E-state index contributed by atoms with van der Waals surface area (Å²) in [4.78, 5) is 23.6. The molecule has 0 fully saturated rings. The van der Waals surface area contributed by atoms with Crippen molar-refractivity contribution in [3.63, 3.8) is 0 Å². The number of amides is 1. The molecule has 0 bridgehead atoms. The maximum atomic E-state index is 12.0. The van der Waals surface area contributed by atoms with Crippen LogP contribution in [-0.2, 0) is 4.79 Å². The van der Waals surface area contributed by atoms with Gasteiger partial charge in [-0.2, -0.15) is 0 Å². The van der Waals surface area contributed by atoms with Gasteiger partial charge in [-0.1, -0.05) is 11.6 Å². The molecule has 6 heteroatoms. The number of hydrogen-bond acceptors (Lipinski definition) is 3. The normalized spacial score (nSPS) is 10.3. The van der Waals surface area contributed by atoms with Crippen LogP contribution in [0.1, 0.15) is 22.8 Å². The van der Waals surface area contributed by atoms with Crippen LogP contribution in [0, 0.1) is 10.5 Å². The SMILES string of the molecule is CC(=O)c1cc(Cl)ccc1OCC(=O)Nc1ccc(I)cc1C. The number of rotatable bonds is 5. The molecule has 2 aromatic carbocycles. The summed E-state index contributed by atoms with van der Waals surface area (Å²) in [5, 5.41) is 3.24. The summed E-state index contributed by atoms with van der Waals surface area (Å²) in [7, 11) is 0. The topological polar surface area (TPSA) is 55.4 Å². The second kappa shape index (κ2) is 7.79. The molecule has 1 N–H and O–H groups in total. The predicted molar refractivity (Wildman–Crippen MR) is 99.5 cm³/mol. The average molecular weight is 444 g/mol. The summed E-state index contributed by atoms with van der Waals surface area (Å²) >= 11 is 8.09. The molecular formula is C17H15ClINO3. The van der Waals surface area contributed by atoms with E-state index in [1.807, 2.05) is 25.1 Å². The fourth-order valence-electron chi connectivity index (χ4n) is 2.00. The minimum absolute atomic E-state index is 0.170. The van der Waals surface area contributed by atoms with Crippen LogP contribution in [-0.4, -0.2) is 18.3 Å². The van der Waals surface area contributed by atoms with Crippen LogP contribution in [0.25, 0.3) is 0 Å². The Bertz CT molecular complexity index is 761. The first kappa shape index (κ1) is 17.7. The average Bonchev–Trinajstić information content (AvgIpc) is 2.48.